The molecule has 10 nitrogen and oxygen atoms in total. The number of rotatable bonds is 9. The van der Waals surface area contributed by atoms with Gasteiger partial charge in [0.2, 0.25) is 0 Å². The summed E-state index contributed by atoms with van der Waals surface area (Å²) in [5.74, 6) is -0.209. The predicted molar refractivity (Wildman–Crippen MR) is 153 cm³/mol. The lowest BCUT2D eigenvalue weighted by Crippen LogP contribution is -2.42. The van der Waals surface area contributed by atoms with Gasteiger partial charge in [-0.3, -0.25) is 14.3 Å². The van der Waals surface area contributed by atoms with Crippen LogP contribution >= 0.6 is 15.9 Å². The van der Waals surface area contributed by atoms with Crippen molar-refractivity contribution in [3.05, 3.63) is 105 Å². The lowest BCUT2D eigenvalue weighted by molar-refractivity contribution is -0.119. The maximum absolute atomic E-state index is 13.8. The SMILES string of the molecule is COc1ccc(Br)cc1/C=N\NC(=O)CN(c1c(C)n(C)n(-c2ccccc2)c1=O)S(=O)(=O)c1ccccc1. The van der Waals surface area contributed by atoms with Crippen LogP contribution in [0, 0.1) is 6.92 Å². The van der Waals surface area contributed by atoms with Gasteiger partial charge in [-0.1, -0.05) is 52.3 Å². The van der Waals surface area contributed by atoms with Crippen LogP contribution in [0.1, 0.15) is 11.3 Å². The summed E-state index contributed by atoms with van der Waals surface area (Å²) in [6.45, 7) is 0.943. The molecule has 12 heteroatoms. The quantitative estimate of drug-likeness (QED) is 0.229. The van der Waals surface area contributed by atoms with E-state index in [0.29, 0.717) is 22.7 Å². The summed E-state index contributed by atoms with van der Waals surface area (Å²) in [7, 11) is -1.15. The van der Waals surface area contributed by atoms with Gasteiger partial charge in [-0.15, -0.1) is 0 Å². The summed E-state index contributed by atoms with van der Waals surface area (Å²) >= 11 is 3.38. The second-order valence-corrected chi connectivity index (χ2v) is 11.2. The molecule has 4 rings (SSSR count). The standard InChI is InChI=1S/C27H26BrN5O5S/c1-19-26(27(35)33(31(19)2)22-10-6-4-7-11-22)32(39(36,37)23-12-8-5-9-13-23)18-25(34)30-29-17-20-16-21(28)14-15-24(20)38-3/h4-17H,18H2,1-3H3,(H,30,34)/b29-17-. The van der Waals surface area contributed by atoms with Crippen LogP contribution in [0.25, 0.3) is 5.69 Å². The highest BCUT2D eigenvalue weighted by molar-refractivity contribution is 9.10. The van der Waals surface area contributed by atoms with Crippen molar-refractivity contribution >= 4 is 43.8 Å². The molecule has 0 bridgehead atoms. The molecule has 0 saturated heterocycles. The smallest absolute Gasteiger partial charge is 0.296 e. The molecule has 1 heterocycles. The lowest BCUT2D eigenvalue weighted by atomic mass is 10.2. The van der Waals surface area contributed by atoms with Crippen molar-refractivity contribution in [1.29, 1.82) is 0 Å². The van der Waals surface area contributed by atoms with Crippen LogP contribution in [0.5, 0.6) is 5.75 Å². The summed E-state index contributed by atoms with van der Waals surface area (Å²) in [5.41, 5.74) is 3.13. The van der Waals surface area contributed by atoms with E-state index in [0.717, 1.165) is 8.78 Å². The molecular formula is C27H26BrN5O5S. The molecule has 0 atom stereocenters. The first-order chi connectivity index (χ1) is 18.6. The summed E-state index contributed by atoms with van der Waals surface area (Å²) in [4.78, 5) is 26.6. The summed E-state index contributed by atoms with van der Waals surface area (Å²) in [6.07, 6.45) is 1.38. The molecule has 4 aromatic rings. The number of sulfonamides is 1. The zero-order chi connectivity index (χ0) is 28.2. The number of ether oxygens (including phenoxy) is 1. The minimum absolute atomic E-state index is 0.0610. The van der Waals surface area contributed by atoms with Crippen molar-refractivity contribution in [2.75, 3.05) is 18.0 Å². The Kier molecular flexibility index (Phi) is 8.36. The number of methoxy groups -OCH3 is 1. The lowest BCUT2D eigenvalue weighted by Gasteiger charge is -2.22. The van der Waals surface area contributed by atoms with E-state index in [2.05, 4.69) is 26.5 Å². The largest absolute Gasteiger partial charge is 0.496 e. The molecule has 1 aromatic heterocycles. The van der Waals surface area contributed by atoms with Gasteiger partial charge in [0.1, 0.15) is 18.0 Å². The van der Waals surface area contributed by atoms with E-state index < -0.39 is 28.0 Å². The van der Waals surface area contributed by atoms with Crippen molar-refractivity contribution in [2.45, 2.75) is 11.8 Å². The third-order valence-corrected chi connectivity index (χ3v) is 8.23. The Balaban J connectivity index is 1.73. The van der Waals surface area contributed by atoms with Gasteiger partial charge in [-0.2, -0.15) is 5.10 Å². The van der Waals surface area contributed by atoms with Crippen molar-refractivity contribution < 1.29 is 17.9 Å². The number of para-hydroxylation sites is 1. The minimum atomic E-state index is -4.31. The van der Waals surface area contributed by atoms with Crippen LogP contribution in [0.3, 0.4) is 0 Å². The number of amides is 1. The fourth-order valence-corrected chi connectivity index (χ4v) is 5.86. The molecule has 0 aliphatic rings. The Morgan fingerprint density at radius 3 is 2.36 bits per heavy atom. The van der Waals surface area contributed by atoms with E-state index in [4.69, 9.17) is 4.74 Å². The summed E-state index contributed by atoms with van der Waals surface area (Å²) in [5, 5.41) is 3.97. The van der Waals surface area contributed by atoms with E-state index in [1.807, 2.05) is 6.07 Å². The maximum Gasteiger partial charge on any atom is 0.296 e. The highest BCUT2D eigenvalue weighted by Crippen LogP contribution is 2.25. The van der Waals surface area contributed by atoms with E-state index in [1.54, 1.807) is 79.3 Å². The highest BCUT2D eigenvalue weighted by Gasteiger charge is 2.33. The van der Waals surface area contributed by atoms with Gasteiger partial charge in [0, 0.05) is 17.1 Å². The number of anilines is 1. The number of nitrogens with one attached hydrogen (secondary N) is 1. The first kappa shape index (κ1) is 27.9. The number of halogens is 1. The van der Waals surface area contributed by atoms with Gasteiger partial charge in [0.15, 0.2) is 0 Å². The van der Waals surface area contributed by atoms with E-state index in [1.165, 1.54) is 30.1 Å². The van der Waals surface area contributed by atoms with E-state index in [-0.39, 0.29) is 10.6 Å². The number of carbonyl (C=O) groups is 1. The van der Waals surface area contributed by atoms with E-state index in [9.17, 15) is 18.0 Å². The molecule has 0 radical (unpaired) electrons. The molecule has 1 N–H and O–H groups in total. The molecule has 39 heavy (non-hydrogen) atoms. The first-order valence-electron chi connectivity index (χ1n) is 11.7. The maximum atomic E-state index is 13.8. The normalized spacial score (nSPS) is 11.5. The summed E-state index contributed by atoms with van der Waals surface area (Å²) in [6, 6.07) is 21.7. The number of hydrogen-bond acceptors (Lipinski definition) is 6. The monoisotopic (exact) mass is 611 g/mol. The second-order valence-electron chi connectivity index (χ2n) is 8.41. The van der Waals surface area contributed by atoms with Gasteiger partial charge < -0.3 is 4.74 Å². The van der Waals surface area contributed by atoms with Gasteiger partial charge in [-0.05, 0) is 49.4 Å². The van der Waals surface area contributed by atoms with Crippen molar-refractivity contribution in [3.8, 4) is 11.4 Å². The molecule has 0 aliphatic carbocycles. The fourth-order valence-electron chi connectivity index (χ4n) is 3.99. The zero-order valence-corrected chi connectivity index (χ0v) is 23.8. The third-order valence-electron chi connectivity index (χ3n) is 5.98. The summed E-state index contributed by atoms with van der Waals surface area (Å²) < 4.78 is 37.4. The van der Waals surface area contributed by atoms with Gasteiger partial charge in [-0.25, -0.2) is 22.8 Å². The average molecular weight is 613 g/mol. The Morgan fingerprint density at radius 2 is 1.72 bits per heavy atom. The second kappa shape index (κ2) is 11.7. The third kappa shape index (κ3) is 5.81. The van der Waals surface area contributed by atoms with Crippen LogP contribution in [0.2, 0.25) is 0 Å². The van der Waals surface area contributed by atoms with Gasteiger partial charge in [0.05, 0.1) is 29.6 Å². The predicted octanol–water partition coefficient (Wildman–Crippen LogP) is 3.60. The molecule has 0 spiro atoms. The number of hydrazone groups is 1. The molecular weight excluding hydrogens is 586 g/mol. The Bertz CT molecular complexity index is 1680. The Hall–Kier alpha value is -4.16. The molecule has 202 valence electrons. The van der Waals surface area contributed by atoms with Crippen molar-refractivity contribution in [2.24, 2.45) is 12.1 Å². The van der Waals surface area contributed by atoms with Gasteiger partial charge >= 0.3 is 0 Å². The Morgan fingerprint density at radius 1 is 1.08 bits per heavy atom. The average Bonchev–Trinajstić information content (AvgIpc) is 3.15. The fraction of sp³-hybridized carbons (Fsp3) is 0.148. The van der Waals surface area contributed by atoms with Gasteiger partial charge in [0.25, 0.3) is 21.5 Å². The molecule has 0 unspecified atom stereocenters. The van der Waals surface area contributed by atoms with Crippen LogP contribution in [-0.2, 0) is 21.9 Å². The first-order valence-corrected chi connectivity index (χ1v) is 14.0. The number of carbonyl (C=O) groups excluding carboxylic acids is 1. The minimum Gasteiger partial charge on any atom is -0.496 e. The van der Waals surface area contributed by atoms with Crippen LogP contribution in [-0.4, -0.2) is 43.6 Å². The Labute approximate surface area is 234 Å². The van der Waals surface area contributed by atoms with Crippen molar-refractivity contribution in [3.63, 3.8) is 0 Å². The molecule has 3 aromatic carbocycles. The number of hydrogen-bond donors (Lipinski definition) is 1. The highest BCUT2D eigenvalue weighted by atomic mass is 79.9. The van der Waals surface area contributed by atoms with Crippen LogP contribution in [0.15, 0.2) is 98.1 Å². The zero-order valence-electron chi connectivity index (χ0n) is 21.4. The van der Waals surface area contributed by atoms with Crippen molar-refractivity contribution in [1.82, 2.24) is 14.8 Å². The molecule has 1 amide bonds. The molecule has 0 saturated carbocycles. The molecule has 0 aliphatic heterocycles. The number of nitrogens with zero attached hydrogens (tertiary/aromatic N) is 4. The topological polar surface area (TPSA) is 115 Å². The number of aromatic nitrogens is 2. The molecule has 0 fully saturated rings. The van der Waals surface area contributed by atoms with E-state index >= 15 is 0 Å². The van der Waals surface area contributed by atoms with Crippen LogP contribution in [0.4, 0.5) is 5.69 Å². The number of benzene rings is 3. The van der Waals surface area contributed by atoms with Crippen LogP contribution < -0.4 is 20.0 Å².